The van der Waals surface area contributed by atoms with Crippen LogP contribution in [0.25, 0.3) is 10.8 Å². The molecule has 0 aromatic heterocycles. The molecule has 0 saturated heterocycles. The number of hydrogen-bond donors (Lipinski definition) is 0. The molecule has 1 aliphatic rings. The van der Waals surface area contributed by atoms with Crippen LogP contribution in [-0.4, -0.2) is 17.8 Å². The fourth-order valence-corrected chi connectivity index (χ4v) is 4.58. The van der Waals surface area contributed by atoms with Crippen LogP contribution in [0.5, 0.6) is 11.5 Å². The van der Waals surface area contributed by atoms with Gasteiger partial charge in [0, 0.05) is 36.4 Å². The van der Waals surface area contributed by atoms with E-state index in [0.29, 0.717) is 21.4 Å². The summed E-state index contributed by atoms with van der Waals surface area (Å²) in [7, 11) is 0. The molecule has 1 amide bonds. The zero-order valence-electron chi connectivity index (χ0n) is 16.0. The lowest BCUT2D eigenvalue weighted by Crippen LogP contribution is -2.26. The van der Waals surface area contributed by atoms with Gasteiger partial charge in [-0.1, -0.05) is 48.2 Å². The van der Waals surface area contributed by atoms with E-state index in [1.807, 2.05) is 36.4 Å². The van der Waals surface area contributed by atoms with Crippen molar-refractivity contribution in [3.63, 3.8) is 0 Å². The number of carbonyl (C=O) groups excluding carboxylic acids is 3. The zero-order valence-corrected chi connectivity index (χ0v) is 16.8. The van der Waals surface area contributed by atoms with Gasteiger partial charge in [0.15, 0.2) is 11.5 Å². The number of rotatable bonds is 2. The topological polar surface area (TPSA) is 72.9 Å². The molecule has 0 bridgehead atoms. The summed E-state index contributed by atoms with van der Waals surface area (Å²) < 4.78 is 11.0. The minimum Gasteiger partial charge on any atom is -0.422 e. The monoisotopic (exact) mass is 407 g/mol. The van der Waals surface area contributed by atoms with Gasteiger partial charge in [-0.2, -0.15) is 0 Å². The van der Waals surface area contributed by atoms with Crippen LogP contribution in [0.1, 0.15) is 20.8 Å². The summed E-state index contributed by atoms with van der Waals surface area (Å²) in [4.78, 5) is 39.3. The smallest absolute Gasteiger partial charge is 0.308 e. The highest BCUT2D eigenvalue weighted by Crippen LogP contribution is 2.58. The molecule has 29 heavy (non-hydrogen) atoms. The van der Waals surface area contributed by atoms with Gasteiger partial charge in [-0.05, 0) is 12.1 Å². The van der Waals surface area contributed by atoms with E-state index in [2.05, 4.69) is 0 Å². The quantitative estimate of drug-likeness (QED) is 0.447. The van der Waals surface area contributed by atoms with E-state index in [0.717, 1.165) is 10.6 Å². The molecule has 0 fully saturated rings. The molecule has 4 rings (SSSR count). The highest BCUT2D eigenvalue weighted by Gasteiger charge is 2.34. The Bertz CT molecular complexity index is 1190. The van der Waals surface area contributed by atoms with Crippen LogP contribution in [0.3, 0.4) is 0 Å². The van der Waals surface area contributed by atoms with E-state index >= 15 is 0 Å². The van der Waals surface area contributed by atoms with Crippen molar-refractivity contribution in [2.75, 3.05) is 4.90 Å². The van der Waals surface area contributed by atoms with Gasteiger partial charge in [0.1, 0.15) is 0 Å². The molecular formula is C22H17NO5S. The highest BCUT2D eigenvalue weighted by molar-refractivity contribution is 8.00. The number of hydrogen-bond acceptors (Lipinski definition) is 6. The van der Waals surface area contributed by atoms with Crippen molar-refractivity contribution in [2.24, 2.45) is 0 Å². The van der Waals surface area contributed by atoms with Gasteiger partial charge in [0.2, 0.25) is 5.91 Å². The first-order valence-electron chi connectivity index (χ1n) is 8.91. The number of ether oxygens (including phenoxy) is 2. The molecule has 0 unspecified atom stereocenters. The maximum absolute atomic E-state index is 12.7. The number of amides is 1. The van der Waals surface area contributed by atoms with Gasteiger partial charge in [0.25, 0.3) is 0 Å². The third-order valence-electron chi connectivity index (χ3n) is 4.40. The van der Waals surface area contributed by atoms with Crippen molar-refractivity contribution < 1.29 is 23.9 Å². The van der Waals surface area contributed by atoms with Crippen LogP contribution in [0.2, 0.25) is 0 Å². The van der Waals surface area contributed by atoms with Gasteiger partial charge in [-0.3, -0.25) is 19.3 Å². The van der Waals surface area contributed by atoms with E-state index in [4.69, 9.17) is 9.47 Å². The summed E-state index contributed by atoms with van der Waals surface area (Å²) in [5.74, 6) is -0.972. The Hall–Kier alpha value is -3.32. The van der Waals surface area contributed by atoms with Crippen LogP contribution in [0, 0.1) is 0 Å². The number of para-hydroxylation sites is 1. The molecule has 0 N–H and O–H groups in total. The Morgan fingerprint density at radius 3 is 2.03 bits per heavy atom. The minimum atomic E-state index is -0.551. The van der Waals surface area contributed by atoms with E-state index in [9.17, 15) is 14.4 Å². The maximum atomic E-state index is 12.7. The highest BCUT2D eigenvalue weighted by atomic mass is 32.2. The Balaban J connectivity index is 2.15. The van der Waals surface area contributed by atoms with Crippen molar-refractivity contribution in [3.8, 4) is 11.5 Å². The molecule has 6 nitrogen and oxygen atoms in total. The Morgan fingerprint density at radius 2 is 1.38 bits per heavy atom. The van der Waals surface area contributed by atoms with Crippen molar-refractivity contribution in [3.05, 3.63) is 48.5 Å². The lowest BCUT2D eigenvalue weighted by molar-refractivity contribution is -0.134. The largest absolute Gasteiger partial charge is 0.422 e. The second kappa shape index (κ2) is 7.25. The molecule has 3 aromatic rings. The second-order valence-electron chi connectivity index (χ2n) is 6.49. The fraction of sp³-hybridized carbons (Fsp3) is 0.136. The Morgan fingerprint density at radius 1 is 0.793 bits per heavy atom. The van der Waals surface area contributed by atoms with Crippen molar-refractivity contribution >= 4 is 51.8 Å². The predicted octanol–water partition coefficient (Wildman–Crippen LogP) is 4.84. The van der Waals surface area contributed by atoms with Crippen LogP contribution in [-0.2, 0) is 14.4 Å². The zero-order chi connectivity index (χ0) is 20.7. The first-order valence-corrected chi connectivity index (χ1v) is 9.73. The lowest BCUT2D eigenvalue weighted by Gasteiger charge is -2.33. The number of fused-ring (bicyclic) bond motifs is 4. The van der Waals surface area contributed by atoms with Crippen LogP contribution in [0.15, 0.2) is 58.3 Å². The first-order chi connectivity index (χ1) is 13.9. The molecule has 0 saturated carbocycles. The predicted molar refractivity (Wildman–Crippen MR) is 110 cm³/mol. The lowest BCUT2D eigenvalue weighted by atomic mass is 10.0. The summed E-state index contributed by atoms with van der Waals surface area (Å²) in [6.45, 7) is 4.05. The van der Waals surface area contributed by atoms with E-state index < -0.39 is 11.9 Å². The molecule has 0 atom stereocenters. The summed E-state index contributed by atoms with van der Waals surface area (Å²) in [6.07, 6.45) is 0. The average Bonchev–Trinajstić information content (AvgIpc) is 2.68. The molecule has 0 radical (unpaired) electrons. The SMILES string of the molecule is CC(=O)Oc1c2c(c3ccccc3c1OC(C)=O)N(C(C)=O)c1ccccc1S2. The normalized spacial score (nSPS) is 12.2. The van der Waals surface area contributed by atoms with Gasteiger partial charge in [-0.15, -0.1) is 0 Å². The average molecular weight is 407 g/mol. The maximum Gasteiger partial charge on any atom is 0.308 e. The third-order valence-corrected chi connectivity index (χ3v) is 5.55. The molecule has 1 aliphatic heterocycles. The van der Waals surface area contributed by atoms with Gasteiger partial charge >= 0.3 is 11.9 Å². The number of esters is 2. The van der Waals surface area contributed by atoms with E-state index in [-0.39, 0.29) is 17.4 Å². The third kappa shape index (κ3) is 3.23. The fourth-order valence-electron chi connectivity index (χ4n) is 3.43. The molecule has 146 valence electrons. The molecule has 0 spiro atoms. The van der Waals surface area contributed by atoms with Gasteiger partial charge in [0.05, 0.1) is 16.3 Å². The summed E-state index contributed by atoms with van der Waals surface area (Å²) in [6, 6.07) is 14.7. The number of anilines is 2. The minimum absolute atomic E-state index is 0.132. The van der Waals surface area contributed by atoms with E-state index in [1.54, 1.807) is 17.0 Å². The second-order valence-corrected chi connectivity index (χ2v) is 7.55. The summed E-state index contributed by atoms with van der Waals surface area (Å²) in [5.41, 5.74) is 1.35. The molecule has 3 aromatic carbocycles. The van der Waals surface area contributed by atoms with Crippen molar-refractivity contribution in [2.45, 2.75) is 30.6 Å². The summed E-state index contributed by atoms with van der Waals surface area (Å²) >= 11 is 1.37. The Kier molecular flexibility index (Phi) is 4.76. The number of benzene rings is 3. The standard InChI is InChI=1S/C22H17NO5S/c1-12(24)23-17-10-6-7-11-18(17)29-22-19(23)15-8-4-5-9-16(15)20(27-13(2)25)21(22)28-14(3)26/h4-11H,1-3H3. The van der Waals surface area contributed by atoms with Crippen LogP contribution >= 0.6 is 11.8 Å². The van der Waals surface area contributed by atoms with Crippen LogP contribution in [0.4, 0.5) is 11.4 Å². The van der Waals surface area contributed by atoms with Gasteiger partial charge in [-0.25, -0.2) is 0 Å². The molecule has 1 heterocycles. The molecule has 0 aliphatic carbocycles. The number of nitrogens with zero attached hydrogens (tertiary/aromatic N) is 1. The first kappa shape index (κ1) is 19.0. The Labute approximate surface area is 171 Å². The van der Waals surface area contributed by atoms with Crippen molar-refractivity contribution in [1.29, 1.82) is 0 Å². The van der Waals surface area contributed by atoms with E-state index in [1.165, 1.54) is 32.5 Å². The summed E-state index contributed by atoms with van der Waals surface area (Å²) in [5, 5.41) is 1.29. The van der Waals surface area contributed by atoms with Crippen molar-refractivity contribution in [1.82, 2.24) is 0 Å². The number of carbonyl (C=O) groups is 3. The molecule has 7 heteroatoms. The van der Waals surface area contributed by atoms with Crippen LogP contribution < -0.4 is 14.4 Å². The molecular weight excluding hydrogens is 390 g/mol. The van der Waals surface area contributed by atoms with Gasteiger partial charge < -0.3 is 9.47 Å².